The van der Waals surface area contributed by atoms with E-state index in [1.807, 2.05) is 42.2 Å². The molecule has 2 heterocycles. The SMILES string of the molecule is COc1cccc(C(=O)[C@@H]2[C@H](c3ccc(OC)cc3OC)C3(C(=O)c4ccccc4C3=O)[C@H]3C=Cc4cc(C)ccc4N23)c1. The Bertz CT molecular complexity index is 1860. The summed E-state index contributed by atoms with van der Waals surface area (Å²) in [7, 11) is 4.65. The smallest absolute Gasteiger partial charge is 0.186 e. The molecule has 3 aliphatic rings. The maximum Gasteiger partial charge on any atom is 0.186 e. The highest BCUT2D eigenvalue weighted by atomic mass is 16.5. The van der Waals surface area contributed by atoms with Crippen molar-refractivity contribution in [3.63, 3.8) is 0 Å². The van der Waals surface area contributed by atoms with Gasteiger partial charge in [-0.05, 0) is 42.8 Å². The second-order valence-electron chi connectivity index (χ2n) is 11.5. The molecule has 2 aliphatic heterocycles. The molecule has 1 aliphatic carbocycles. The quantitative estimate of drug-likeness (QED) is 0.193. The molecule has 0 unspecified atom stereocenters. The Hall–Kier alpha value is -5.17. The van der Waals surface area contributed by atoms with Crippen molar-refractivity contribution in [1.82, 2.24) is 0 Å². The first-order chi connectivity index (χ1) is 21.3. The second-order valence-corrected chi connectivity index (χ2v) is 11.5. The number of carbonyl (C=O) groups is 3. The van der Waals surface area contributed by atoms with Gasteiger partial charge in [0.15, 0.2) is 17.3 Å². The zero-order chi connectivity index (χ0) is 30.7. The summed E-state index contributed by atoms with van der Waals surface area (Å²) in [6.07, 6.45) is 3.89. The van der Waals surface area contributed by atoms with Gasteiger partial charge in [-0.25, -0.2) is 0 Å². The van der Waals surface area contributed by atoms with Crippen molar-refractivity contribution in [3.05, 3.63) is 124 Å². The van der Waals surface area contributed by atoms with Gasteiger partial charge in [-0.3, -0.25) is 14.4 Å². The topological polar surface area (TPSA) is 82.1 Å². The minimum atomic E-state index is -1.64. The summed E-state index contributed by atoms with van der Waals surface area (Å²) < 4.78 is 16.8. The Morgan fingerprint density at radius 1 is 0.773 bits per heavy atom. The van der Waals surface area contributed by atoms with Crippen LogP contribution in [0, 0.1) is 12.3 Å². The van der Waals surface area contributed by atoms with E-state index in [1.165, 1.54) is 7.11 Å². The predicted molar refractivity (Wildman–Crippen MR) is 167 cm³/mol. The molecular formula is C37H31NO6. The average Bonchev–Trinajstić information content (AvgIpc) is 3.49. The maximum atomic E-state index is 15.0. The lowest BCUT2D eigenvalue weighted by Crippen LogP contribution is -2.48. The van der Waals surface area contributed by atoms with E-state index in [0.29, 0.717) is 39.5 Å². The number of Topliss-reactive ketones (excluding diaryl/α,β-unsaturated/α-hetero) is 3. The number of aryl methyl sites for hydroxylation is 1. The fourth-order valence-corrected chi connectivity index (χ4v) is 7.46. The molecule has 7 rings (SSSR count). The van der Waals surface area contributed by atoms with Crippen LogP contribution in [0.4, 0.5) is 5.69 Å². The average molecular weight is 586 g/mol. The van der Waals surface area contributed by atoms with Crippen LogP contribution in [0.2, 0.25) is 0 Å². The number of rotatable bonds is 6. The molecule has 0 aromatic heterocycles. The summed E-state index contributed by atoms with van der Waals surface area (Å²) in [4.78, 5) is 46.7. The van der Waals surface area contributed by atoms with Gasteiger partial charge in [-0.1, -0.05) is 66.2 Å². The molecule has 0 bridgehead atoms. The second kappa shape index (κ2) is 10.2. The summed E-state index contributed by atoms with van der Waals surface area (Å²) in [5.41, 5.74) is 2.86. The number of benzene rings is 4. The summed E-state index contributed by atoms with van der Waals surface area (Å²) in [6, 6.07) is 23.6. The zero-order valence-corrected chi connectivity index (χ0v) is 24.9. The Morgan fingerprint density at radius 3 is 2.16 bits per heavy atom. The van der Waals surface area contributed by atoms with E-state index in [2.05, 4.69) is 6.07 Å². The lowest BCUT2D eigenvalue weighted by Gasteiger charge is -2.37. The molecule has 3 atom stereocenters. The van der Waals surface area contributed by atoms with Crippen LogP contribution >= 0.6 is 0 Å². The van der Waals surface area contributed by atoms with E-state index < -0.39 is 23.4 Å². The van der Waals surface area contributed by atoms with E-state index >= 15 is 0 Å². The van der Waals surface area contributed by atoms with E-state index in [4.69, 9.17) is 14.2 Å². The van der Waals surface area contributed by atoms with Crippen molar-refractivity contribution in [2.75, 3.05) is 26.2 Å². The van der Waals surface area contributed by atoms with Crippen molar-refractivity contribution >= 4 is 29.1 Å². The van der Waals surface area contributed by atoms with Crippen molar-refractivity contribution < 1.29 is 28.6 Å². The number of nitrogens with zero attached hydrogens (tertiary/aromatic N) is 1. The van der Waals surface area contributed by atoms with Gasteiger partial charge in [0.1, 0.15) is 28.7 Å². The number of fused-ring (bicyclic) bond motifs is 5. The first kappa shape index (κ1) is 27.7. The molecular weight excluding hydrogens is 554 g/mol. The standard InChI is InChI=1S/C37H31NO6/c1-21-12-16-29-22(18-21)13-17-31-37(35(40)26-10-5-6-11-27(26)36(37)41)32(28-15-14-25(43-3)20-30(28)44-4)33(38(29)31)34(39)23-8-7-9-24(19-23)42-2/h5-20,31-33H,1-4H3/t31-,32+,33+/m1/s1. The first-order valence-corrected chi connectivity index (χ1v) is 14.5. The molecule has 7 heteroatoms. The molecule has 220 valence electrons. The summed E-state index contributed by atoms with van der Waals surface area (Å²) >= 11 is 0. The van der Waals surface area contributed by atoms with Crippen LogP contribution in [-0.2, 0) is 0 Å². The molecule has 1 saturated heterocycles. The Kier molecular flexibility index (Phi) is 6.43. The van der Waals surface area contributed by atoms with E-state index in [1.54, 1.807) is 74.9 Å². The molecule has 4 aromatic rings. The van der Waals surface area contributed by atoms with Gasteiger partial charge in [0.25, 0.3) is 0 Å². The molecule has 0 radical (unpaired) electrons. The number of hydrogen-bond donors (Lipinski definition) is 0. The Balaban J connectivity index is 1.57. The van der Waals surface area contributed by atoms with E-state index in [9.17, 15) is 14.4 Å². The Morgan fingerprint density at radius 2 is 1.48 bits per heavy atom. The number of ketones is 3. The molecule has 4 aromatic carbocycles. The van der Waals surface area contributed by atoms with Gasteiger partial charge >= 0.3 is 0 Å². The summed E-state index contributed by atoms with van der Waals surface area (Å²) in [5.74, 6) is -0.202. The monoisotopic (exact) mass is 585 g/mol. The number of anilines is 1. The molecule has 7 nitrogen and oxygen atoms in total. The number of methoxy groups -OCH3 is 3. The van der Waals surface area contributed by atoms with Gasteiger partial charge in [-0.2, -0.15) is 0 Å². The number of carbonyl (C=O) groups excluding carboxylic acids is 3. The molecule has 0 N–H and O–H groups in total. The van der Waals surface area contributed by atoms with Crippen molar-refractivity contribution in [2.45, 2.75) is 24.9 Å². The van der Waals surface area contributed by atoms with Crippen LogP contribution in [0.25, 0.3) is 6.08 Å². The number of ether oxygens (including phenoxy) is 3. The normalized spacial score (nSPS) is 20.7. The van der Waals surface area contributed by atoms with Crippen molar-refractivity contribution in [2.24, 2.45) is 5.41 Å². The van der Waals surface area contributed by atoms with Crippen LogP contribution in [0.5, 0.6) is 17.2 Å². The van der Waals surface area contributed by atoms with Crippen molar-refractivity contribution in [1.29, 1.82) is 0 Å². The van der Waals surface area contributed by atoms with Crippen LogP contribution in [0.1, 0.15) is 53.7 Å². The van der Waals surface area contributed by atoms with Gasteiger partial charge < -0.3 is 19.1 Å². The van der Waals surface area contributed by atoms with Crippen LogP contribution < -0.4 is 19.1 Å². The summed E-state index contributed by atoms with van der Waals surface area (Å²) in [6.45, 7) is 2.01. The molecule has 1 spiro atoms. The molecule has 44 heavy (non-hydrogen) atoms. The zero-order valence-electron chi connectivity index (χ0n) is 24.9. The Labute approximate surface area is 255 Å². The third-order valence-electron chi connectivity index (χ3n) is 9.36. The fourth-order valence-electron chi connectivity index (χ4n) is 7.46. The summed E-state index contributed by atoms with van der Waals surface area (Å²) in [5, 5.41) is 0. The molecule has 0 amide bonds. The lowest BCUT2D eigenvalue weighted by atomic mass is 9.64. The van der Waals surface area contributed by atoms with Gasteiger partial charge in [-0.15, -0.1) is 0 Å². The van der Waals surface area contributed by atoms with Crippen molar-refractivity contribution in [3.8, 4) is 17.2 Å². The van der Waals surface area contributed by atoms with Crippen LogP contribution in [-0.4, -0.2) is 50.8 Å². The van der Waals surface area contributed by atoms with Gasteiger partial charge in [0.05, 0.1) is 27.4 Å². The highest BCUT2D eigenvalue weighted by Crippen LogP contribution is 2.62. The number of hydrogen-bond acceptors (Lipinski definition) is 7. The van der Waals surface area contributed by atoms with Gasteiger partial charge in [0, 0.05) is 39.9 Å². The predicted octanol–water partition coefficient (Wildman–Crippen LogP) is 6.34. The van der Waals surface area contributed by atoms with Gasteiger partial charge in [0.2, 0.25) is 0 Å². The van der Waals surface area contributed by atoms with E-state index in [-0.39, 0.29) is 17.3 Å². The minimum Gasteiger partial charge on any atom is -0.497 e. The largest absolute Gasteiger partial charge is 0.497 e. The minimum absolute atomic E-state index is 0.230. The highest BCUT2D eigenvalue weighted by Gasteiger charge is 2.72. The fraction of sp³-hybridized carbons (Fsp3) is 0.216. The van der Waals surface area contributed by atoms with E-state index in [0.717, 1.165) is 16.8 Å². The first-order valence-electron chi connectivity index (χ1n) is 14.5. The third-order valence-corrected chi connectivity index (χ3v) is 9.36. The lowest BCUT2D eigenvalue weighted by molar-refractivity contribution is 0.0664. The maximum absolute atomic E-state index is 15.0. The third kappa shape index (κ3) is 3.71. The highest BCUT2D eigenvalue weighted by molar-refractivity contribution is 6.32. The molecule has 1 fully saturated rings. The van der Waals surface area contributed by atoms with Crippen LogP contribution in [0.15, 0.2) is 91.0 Å². The van der Waals surface area contributed by atoms with Crippen LogP contribution in [0.3, 0.4) is 0 Å². The molecule has 0 saturated carbocycles.